The van der Waals surface area contributed by atoms with Gasteiger partial charge in [0.25, 0.3) is 0 Å². The van der Waals surface area contributed by atoms with Crippen LogP contribution in [0.15, 0.2) is 30.3 Å². The SMILES string of the molecule is CCCC[C@@H](CCCCCCC(N)=O)c1ccccc1. The smallest absolute Gasteiger partial charge is 0.217 e. The van der Waals surface area contributed by atoms with E-state index in [0.29, 0.717) is 12.3 Å². The van der Waals surface area contributed by atoms with E-state index in [2.05, 4.69) is 37.3 Å². The predicted molar refractivity (Wildman–Crippen MR) is 85.6 cm³/mol. The summed E-state index contributed by atoms with van der Waals surface area (Å²) in [4.78, 5) is 10.7. The molecule has 1 atom stereocenters. The van der Waals surface area contributed by atoms with E-state index in [-0.39, 0.29) is 5.91 Å². The first kappa shape index (κ1) is 16.7. The third-order valence-corrected chi connectivity index (χ3v) is 3.90. The van der Waals surface area contributed by atoms with Crippen molar-refractivity contribution in [1.29, 1.82) is 0 Å². The Morgan fingerprint density at radius 1 is 1.00 bits per heavy atom. The van der Waals surface area contributed by atoms with E-state index in [9.17, 15) is 4.79 Å². The van der Waals surface area contributed by atoms with Crippen LogP contribution in [0.4, 0.5) is 0 Å². The van der Waals surface area contributed by atoms with E-state index in [1.165, 1.54) is 44.1 Å². The van der Waals surface area contributed by atoms with E-state index in [1.54, 1.807) is 0 Å². The van der Waals surface area contributed by atoms with Gasteiger partial charge in [0.15, 0.2) is 0 Å². The van der Waals surface area contributed by atoms with Crippen molar-refractivity contribution in [2.45, 2.75) is 70.6 Å². The number of nitrogens with two attached hydrogens (primary N) is 1. The van der Waals surface area contributed by atoms with Gasteiger partial charge in [0.05, 0.1) is 0 Å². The first-order valence-electron chi connectivity index (χ1n) is 8.07. The van der Waals surface area contributed by atoms with Gasteiger partial charge in [-0.3, -0.25) is 4.79 Å². The zero-order valence-corrected chi connectivity index (χ0v) is 12.8. The summed E-state index contributed by atoms with van der Waals surface area (Å²) in [6.07, 6.45) is 10.2. The summed E-state index contributed by atoms with van der Waals surface area (Å²) in [5, 5.41) is 0. The molecule has 0 saturated heterocycles. The Labute approximate surface area is 123 Å². The van der Waals surface area contributed by atoms with Crippen molar-refractivity contribution in [3.63, 3.8) is 0 Å². The number of carbonyl (C=O) groups excluding carboxylic acids is 1. The van der Waals surface area contributed by atoms with Gasteiger partial charge in [0.1, 0.15) is 0 Å². The molecule has 1 amide bonds. The van der Waals surface area contributed by atoms with Crippen LogP contribution < -0.4 is 5.73 Å². The number of amides is 1. The molecule has 0 aromatic heterocycles. The molecule has 20 heavy (non-hydrogen) atoms. The van der Waals surface area contributed by atoms with Gasteiger partial charge in [-0.1, -0.05) is 69.4 Å². The highest BCUT2D eigenvalue weighted by Gasteiger charge is 2.10. The van der Waals surface area contributed by atoms with Crippen molar-refractivity contribution in [2.75, 3.05) is 0 Å². The van der Waals surface area contributed by atoms with Gasteiger partial charge in [-0.15, -0.1) is 0 Å². The van der Waals surface area contributed by atoms with Crippen molar-refractivity contribution in [3.05, 3.63) is 35.9 Å². The molecule has 1 aromatic rings. The number of hydrogen-bond acceptors (Lipinski definition) is 1. The molecule has 0 bridgehead atoms. The fourth-order valence-corrected chi connectivity index (χ4v) is 2.70. The quantitative estimate of drug-likeness (QED) is 0.580. The predicted octanol–water partition coefficient (Wildman–Crippen LogP) is 4.79. The number of hydrogen-bond donors (Lipinski definition) is 1. The highest BCUT2D eigenvalue weighted by Crippen LogP contribution is 2.27. The molecule has 0 aliphatic carbocycles. The van der Waals surface area contributed by atoms with E-state index in [1.807, 2.05) is 0 Å². The average Bonchev–Trinajstić information content (AvgIpc) is 2.46. The standard InChI is InChI=1S/C18H29NO/c1-2-3-11-16(17-13-8-6-9-14-17)12-7-4-5-10-15-18(19)20/h6,8-9,13-14,16H,2-5,7,10-12,15H2,1H3,(H2,19,20)/t16-/m0/s1. The number of benzene rings is 1. The minimum absolute atomic E-state index is 0.171. The van der Waals surface area contributed by atoms with E-state index in [4.69, 9.17) is 5.73 Å². The van der Waals surface area contributed by atoms with E-state index < -0.39 is 0 Å². The Kier molecular flexibility index (Phi) is 8.77. The fraction of sp³-hybridized carbons (Fsp3) is 0.611. The summed E-state index contributed by atoms with van der Waals surface area (Å²) < 4.78 is 0. The number of carbonyl (C=O) groups is 1. The molecule has 1 rings (SSSR count). The van der Waals surface area contributed by atoms with Gasteiger partial charge >= 0.3 is 0 Å². The third-order valence-electron chi connectivity index (χ3n) is 3.90. The van der Waals surface area contributed by atoms with Gasteiger partial charge in [0, 0.05) is 6.42 Å². The Bertz CT molecular complexity index is 361. The van der Waals surface area contributed by atoms with E-state index in [0.717, 1.165) is 12.8 Å². The minimum atomic E-state index is -0.171. The van der Waals surface area contributed by atoms with Gasteiger partial charge in [0.2, 0.25) is 5.91 Å². The molecule has 0 heterocycles. The van der Waals surface area contributed by atoms with Crippen LogP contribution in [0, 0.1) is 0 Å². The number of rotatable bonds is 11. The first-order valence-corrected chi connectivity index (χ1v) is 8.07. The van der Waals surface area contributed by atoms with Crippen molar-refractivity contribution in [2.24, 2.45) is 5.73 Å². The molecule has 0 radical (unpaired) electrons. The van der Waals surface area contributed by atoms with Crippen LogP contribution in [0.3, 0.4) is 0 Å². The lowest BCUT2D eigenvalue weighted by atomic mass is 9.88. The lowest BCUT2D eigenvalue weighted by Crippen LogP contribution is -2.09. The second-order valence-corrected chi connectivity index (χ2v) is 5.67. The van der Waals surface area contributed by atoms with Crippen LogP contribution in [0.1, 0.15) is 76.2 Å². The molecule has 1 aromatic carbocycles. The topological polar surface area (TPSA) is 43.1 Å². The summed E-state index contributed by atoms with van der Waals surface area (Å²) in [5.41, 5.74) is 6.63. The molecule has 0 saturated carbocycles. The molecule has 2 heteroatoms. The van der Waals surface area contributed by atoms with Crippen LogP contribution in [0.25, 0.3) is 0 Å². The zero-order chi connectivity index (χ0) is 14.6. The van der Waals surface area contributed by atoms with Crippen molar-refractivity contribution in [3.8, 4) is 0 Å². The number of unbranched alkanes of at least 4 members (excludes halogenated alkanes) is 4. The summed E-state index contributed by atoms with van der Waals surface area (Å²) >= 11 is 0. The molecule has 112 valence electrons. The van der Waals surface area contributed by atoms with Gasteiger partial charge in [-0.25, -0.2) is 0 Å². The Hall–Kier alpha value is -1.31. The first-order chi connectivity index (χ1) is 9.74. The lowest BCUT2D eigenvalue weighted by Gasteiger charge is -2.17. The normalized spacial score (nSPS) is 12.2. The van der Waals surface area contributed by atoms with Crippen LogP contribution in [-0.2, 0) is 4.79 Å². The summed E-state index contributed by atoms with van der Waals surface area (Å²) in [7, 11) is 0. The Morgan fingerprint density at radius 2 is 1.65 bits per heavy atom. The molecule has 0 spiro atoms. The van der Waals surface area contributed by atoms with Crippen LogP contribution in [-0.4, -0.2) is 5.91 Å². The van der Waals surface area contributed by atoms with Crippen LogP contribution >= 0.6 is 0 Å². The molecule has 0 aliphatic rings. The second kappa shape index (κ2) is 10.5. The highest BCUT2D eigenvalue weighted by molar-refractivity contribution is 5.73. The molecular formula is C18H29NO. The van der Waals surface area contributed by atoms with E-state index >= 15 is 0 Å². The molecule has 2 nitrogen and oxygen atoms in total. The fourth-order valence-electron chi connectivity index (χ4n) is 2.70. The van der Waals surface area contributed by atoms with Gasteiger partial charge in [-0.05, 0) is 30.7 Å². The Morgan fingerprint density at radius 3 is 2.30 bits per heavy atom. The van der Waals surface area contributed by atoms with Crippen molar-refractivity contribution < 1.29 is 4.79 Å². The molecule has 2 N–H and O–H groups in total. The zero-order valence-electron chi connectivity index (χ0n) is 12.8. The summed E-state index contributed by atoms with van der Waals surface area (Å²) in [6, 6.07) is 10.9. The second-order valence-electron chi connectivity index (χ2n) is 5.67. The maximum Gasteiger partial charge on any atom is 0.217 e. The summed E-state index contributed by atoms with van der Waals surface area (Å²) in [6.45, 7) is 2.26. The van der Waals surface area contributed by atoms with Gasteiger partial charge < -0.3 is 5.73 Å². The van der Waals surface area contributed by atoms with Crippen LogP contribution in [0.5, 0.6) is 0 Å². The maximum atomic E-state index is 10.7. The highest BCUT2D eigenvalue weighted by atomic mass is 16.1. The molecule has 0 fully saturated rings. The molecule has 0 aliphatic heterocycles. The van der Waals surface area contributed by atoms with Gasteiger partial charge in [-0.2, -0.15) is 0 Å². The molecular weight excluding hydrogens is 246 g/mol. The maximum absolute atomic E-state index is 10.7. The van der Waals surface area contributed by atoms with Crippen LogP contribution in [0.2, 0.25) is 0 Å². The monoisotopic (exact) mass is 275 g/mol. The average molecular weight is 275 g/mol. The number of primary amides is 1. The molecule has 0 unspecified atom stereocenters. The lowest BCUT2D eigenvalue weighted by molar-refractivity contribution is -0.118. The summed E-state index contributed by atoms with van der Waals surface area (Å²) in [5.74, 6) is 0.530. The largest absolute Gasteiger partial charge is 0.370 e. The minimum Gasteiger partial charge on any atom is -0.370 e. The van der Waals surface area contributed by atoms with Crippen molar-refractivity contribution in [1.82, 2.24) is 0 Å². The van der Waals surface area contributed by atoms with Crippen molar-refractivity contribution >= 4 is 5.91 Å². The third kappa shape index (κ3) is 7.32. The Balaban J connectivity index is 2.29.